The van der Waals surface area contributed by atoms with Gasteiger partial charge in [0.1, 0.15) is 34.3 Å². The number of carbonyl (C=O) groups is 6. The van der Waals surface area contributed by atoms with Crippen molar-refractivity contribution in [3.63, 3.8) is 0 Å². The fraction of sp³-hybridized carbons (Fsp3) is 0.135. The Bertz CT molecular complexity index is 3190. The Kier molecular flexibility index (Phi) is 11.6. The molecule has 0 saturated carbocycles. The van der Waals surface area contributed by atoms with Gasteiger partial charge in [-0.15, -0.1) is 4.98 Å². The van der Waals surface area contributed by atoms with E-state index in [1.54, 1.807) is 61.5 Å². The van der Waals surface area contributed by atoms with Crippen molar-refractivity contribution >= 4 is 41.3 Å². The molecule has 9 rings (SSSR count). The maximum absolute atomic E-state index is 14.0. The first-order chi connectivity index (χ1) is 32.7. The molecule has 2 amide bonds. The molecule has 0 bridgehead atoms. The highest BCUT2D eigenvalue weighted by Gasteiger charge is 2.40. The Balaban J connectivity index is 0.917. The lowest BCUT2D eigenvalue weighted by atomic mass is 9.78. The number of hydrogen-bond donors (Lipinski definition) is 1. The third-order valence-electron chi connectivity index (χ3n) is 11.7. The van der Waals surface area contributed by atoms with Crippen molar-refractivity contribution in [3.05, 3.63) is 184 Å². The summed E-state index contributed by atoms with van der Waals surface area (Å²) < 4.78 is 28.4. The summed E-state index contributed by atoms with van der Waals surface area (Å²) in [4.78, 5) is 92.1. The molecule has 68 heavy (non-hydrogen) atoms. The average molecular weight is 911 g/mol. The Hall–Kier alpha value is -8.89. The summed E-state index contributed by atoms with van der Waals surface area (Å²) in [6.07, 6.45) is 0. The van der Waals surface area contributed by atoms with Crippen LogP contribution in [0.3, 0.4) is 0 Å². The second-order valence-corrected chi connectivity index (χ2v) is 16.2. The first-order valence-electron chi connectivity index (χ1n) is 21.1. The van der Waals surface area contributed by atoms with E-state index >= 15 is 0 Å². The molecule has 2 heterocycles. The lowest BCUT2D eigenvalue weighted by Gasteiger charge is -2.26. The summed E-state index contributed by atoms with van der Waals surface area (Å²) in [6.45, 7) is 5.21. The van der Waals surface area contributed by atoms with Crippen LogP contribution in [-0.4, -0.2) is 62.5 Å². The van der Waals surface area contributed by atoms with E-state index in [-0.39, 0.29) is 50.9 Å². The zero-order valence-electron chi connectivity index (χ0n) is 36.7. The van der Waals surface area contributed by atoms with Gasteiger partial charge in [-0.3, -0.25) is 19.2 Å². The van der Waals surface area contributed by atoms with Crippen molar-refractivity contribution in [2.75, 3.05) is 12.0 Å². The summed E-state index contributed by atoms with van der Waals surface area (Å²) in [7, 11) is 1.32. The van der Waals surface area contributed by atoms with Crippen LogP contribution in [0.4, 0.5) is 5.95 Å². The highest BCUT2D eigenvalue weighted by molar-refractivity contribution is 6.34. The lowest BCUT2D eigenvalue weighted by Crippen LogP contribution is -2.32. The van der Waals surface area contributed by atoms with Crippen LogP contribution in [0.25, 0.3) is 0 Å². The Morgan fingerprint density at radius 1 is 0.603 bits per heavy atom. The number of esters is 2. The normalized spacial score (nSPS) is 14.1. The van der Waals surface area contributed by atoms with Crippen LogP contribution in [0.5, 0.6) is 40.8 Å². The highest BCUT2D eigenvalue weighted by atomic mass is 16.6. The number of ether oxygens (including phenoxy) is 5. The molecule has 2 aliphatic rings. The number of amides is 2. The molecular formula is C52H38N4O12. The van der Waals surface area contributed by atoms with Crippen LogP contribution >= 0.6 is 0 Å². The average Bonchev–Trinajstić information content (AvgIpc) is 3.72. The van der Waals surface area contributed by atoms with Gasteiger partial charge in [-0.05, 0) is 102 Å². The van der Waals surface area contributed by atoms with E-state index < -0.39 is 59.7 Å². The largest absolute Gasteiger partial charge is 0.496 e. The number of aliphatic hydroxyl groups excluding tert-OH is 1. The predicted molar refractivity (Wildman–Crippen MR) is 242 cm³/mol. The minimum absolute atomic E-state index is 0.00670. The van der Waals surface area contributed by atoms with Crippen LogP contribution in [0.2, 0.25) is 0 Å². The fourth-order valence-electron chi connectivity index (χ4n) is 7.85. The van der Waals surface area contributed by atoms with Gasteiger partial charge in [-0.2, -0.15) is 9.97 Å². The van der Waals surface area contributed by atoms with Gasteiger partial charge in [0.25, 0.3) is 11.8 Å². The number of carbonyl (C=O) groups excluding carboxylic acids is 6. The molecule has 1 atom stereocenters. The van der Waals surface area contributed by atoms with Gasteiger partial charge in [-0.1, -0.05) is 68.4 Å². The van der Waals surface area contributed by atoms with Crippen LogP contribution in [0.15, 0.2) is 133 Å². The first kappa shape index (κ1) is 44.3. The molecule has 7 aromatic rings. The van der Waals surface area contributed by atoms with E-state index in [0.717, 1.165) is 11.1 Å². The van der Waals surface area contributed by atoms with Gasteiger partial charge in [0.05, 0.1) is 36.3 Å². The number of benzene rings is 6. The number of rotatable bonds is 13. The molecule has 1 aliphatic heterocycles. The quantitative estimate of drug-likeness (QED) is 0.0653. The maximum atomic E-state index is 14.0. The molecule has 1 N–H and O–H groups in total. The van der Waals surface area contributed by atoms with Crippen molar-refractivity contribution in [3.8, 4) is 40.8 Å². The van der Waals surface area contributed by atoms with Gasteiger partial charge < -0.3 is 28.8 Å². The van der Waals surface area contributed by atoms with Crippen molar-refractivity contribution in [1.82, 2.24) is 15.0 Å². The molecule has 0 saturated heterocycles. The predicted octanol–water partition coefficient (Wildman–Crippen LogP) is 8.54. The van der Waals surface area contributed by atoms with Crippen molar-refractivity contribution < 1.29 is 57.6 Å². The number of anilines is 1. The van der Waals surface area contributed by atoms with E-state index in [1.165, 1.54) is 49.6 Å². The number of Topliss-reactive ketones (excluding diaryl/α,β-unsaturated/α-hetero) is 2. The van der Waals surface area contributed by atoms with Gasteiger partial charge in [0.2, 0.25) is 5.95 Å². The molecule has 1 unspecified atom stereocenters. The van der Waals surface area contributed by atoms with E-state index in [2.05, 4.69) is 28.8 Å². The molecule has 16 nitrogen and oxygen atoms in total. The fourth-order valence-corrected chi connectivity index (χ4v) is 7.85. The smallest absolute Gasteiger partial charge is 0.350 e. The summed E-state index contributed by atoms with van der Waals surface area (Å²) in [6, 6.07) is 35.2. The van der Waals surface area contributed by atoms with Crippen LogP contribution in [0, 0.1) is 5.92 Å². The number of aliphatic hydroxyl groups is 1. The van der Waals surface area contributed by atoms with Gasteiger partial charge in [-0.25, -0.2) is 14.5 Å². The highest BCUT2D eigenvalue weighted by Crippen LogP contribution is 2.37. The number of nitrogens with zero attached hydrogens (tertiary/aromatic N) is 4. The van der Waals surface area contributed by atoms with Gasteiger partial charge >= 0.3 is 24.0 Å². The third-order valence-corrected chi connectivity index (χ3v) is 11.7. The van der Waals surface area contributed by atoms with E-state index in [4.69, 9.17) is 23.7 Å². The zero-order chi connectivity index (χ0) is 47.9. The van der Waals surface area contributed by atoms with Crippen molar-refractivity contribution in [1.29, 1.82) is 0 Å². The number of ketones is 2. The molecule has 16 heteroatoms. The number of fused-ring (bicyclic) bond motifs is 2. The van der Waals surface area contributed by atoms with Crippen LogP contribution < -0.4 is 28.6 Å². The third kappa shape index (κ3) is 8.31. The monoisotopic (exact) mass is 910 g/mol. The second kappa shape index (κ2) is 17.8. The summed E-state index contributed by atoms with van der Waals surface area (Å²) >= 11 is 0. The molecule has 0 radical (unpaired) electrons. The number of methoxy groups -OCH3 is 1. The Morgan fingerprint density at radius 3 is 1.72 bits per heavy atom. The first-order valence-corrected chi connectivity index (χ1v) is 21.1. The number of aromatic nitrogens is 3. The zero-order valence-corrected chi connectivity index (χ0v) is 36.7. The summed E-state index contributed by atoms with van der Waals surface area (Å²) in [5, 5.41) is 9.92. The van der Waals surface area contributed by atoms with Crippen molar-refractivity contribution in [2.45, 2.75) is 32.8 Å². The number of imide groups is 1. The number of hydrogen-bond acceptors (Lipinski definition) is 15. The van der Waals surface area contributed by atoms with Gasteiger partial charge in [0.15, 0.2) is 11.6 Å². The Labute approximate surface area is 387 Å². The topological polar surface area (TPSA) is 211 Å². The molecule has 0 fully saturated rings. The van der Waals surface area contributed by atoms with Crippen molar-refractivity contribution in [2.24, 2.45) is 5.92 Å². The van der Waals surface area contributed by atoms with E-state index in [0.29, 0.717) is 33.3 Å². The standard InChI is InChI=1S/C52H38N4O12/c1-28-43(58)37-23-21-35(25-39(37)44(28)59)65-33-17-13-31(14-18-33)52(2,3)32-15-19-34(20-16-32)66-36-22-24-38-40(26-36)46(61)56(45(38)60)49-53-50(67-47(62)29-9-6-5-7-10-29)55-51(54-49)68-48(63)42-30(27-57)11-8-12-41(42)64-4/h5-26,28,57H,27H2,1-4H3. The second-order valence-electron chi connectivity index (χ2n) is 16.2. The Morgan fingerprint density at radius 2 is 1.13 bits per heavy atom. The minimum atomic E-state index is -1.06. The maximum Gasteiger partial charge on any atom is 0.350 e. The SMILES string of the molecule is COc1cccc(CO)c1C(=O)Oc1nc(OC(=O)c2ccccc2)nc(N2C(=O)c3ccc(Oc4ccc(C(C)(C)c5ccc(Oc6ccc7c(c6)C(=O)C(C)C7=O)cc5)cc4)cc3C2=O)n1. The minimum Gasteiger partial charge on any atom is -0.496 e. The van der Waals surface area contributed by atoms with Crippen LogP contribution in [-0.2, 0) is 12.0 Å². The molecule has 1 aliphatic carbocycles. The van der Waals surface area contributed by atoms with Gasteiger partial charge in [0, 0.05) is 16.5 Å². The van der Waals surface area contributed by atoms with E-state index in [1.807, 2.05) is 36.4 Å². The molecule has 6 aromatic carbocycles. The summed E-state index contributed by atoms with van der Waals surface area (Å²) in [5.41, 5.74) is 2.38. The molecule has 1 aromatic heterocycles. The molecular weight excluding hydrogens is 873 g/mol. The molecule has 338 valence electrons. The van der Waals surface area contributed by atoms with E-state index in [9.17, 15) is 33.9 Å². The lowest BCUT2D eigenvalue weighted by molar-refractivity contribution is 0.0700. The van der Waals surface area contributed by atoms with Crippen LogP contribution in [0.1, 0.15) is 99.6 Å². The molecule has 0 spiro atoms. The summed E-state index contributed by atoms with van der Waals surface area (Å²) in [5.74, 6) is -3.56.